The van der Waals surface area contributed by atoms with E-state index >= 15 is 0 Å². The Morgan fingerprint density at radius 2 is 2.00 bits per heavy atom. The molecule has 6 nitrogen and oxygen atoms in total. The van der Waals surface area contributed by atoms with Crippen molar-refractivity contribution in [3.63, 3.8) is 0 Å². The molecule has 2 saturated heterocycles. The number of ether oxygens (including phenoxy) is 1. The van der Waals surface area contributed by atoms with E-state index in [1.165, 1.54) is 33.0 Å². The maximum Gasteiger partial charge on any atom is 0.310 e. The second kappa shape index (κ2) is 11.2. The minimum atomic E-state index is -0.108. The van der Waals surface area contributed by atoms with Crippen LogP contribution in [0.25, 0.3) is 0 Å². The first-order chi connectivity index (χ1) is 11.5. The minimum Gasteiger partial charge on any atom is -0.469 e. The van der Waals surface area contributed by atoms with E-state index in [2.05, 4.69) is 35.9 Å². The second-order valence-corrected chi connectivity index (χ2v) is 7.32. The van der Waals surface area contributed by atoms with Crippen molar-refractivity contribution in [2.24, 2.45) is 22.7 Å². The molecule has 7 heteroatoms. The number of nitrogens with zero attached hydrogens (tertiary/aromatic N) is 3. The third-order valence-corrected chi connectivity index (χ3v) is 5.07. The largest absolute Gasteiger partial charge is 0.469 e. The van der Waals surface area contributed by atoms with Gasteiger partial charge in [0.2, 0.25) is 0 Å². The molecule has 25 heavy (non-hydrogen) atoms. The number of aliphatic imine (C=N–C) groups is 1. The van der Waals surface area contributed by atoms with E-state index in [4.69, 9.17) is 9.73 Å². The van der Waals surface area contributed by atoms with Gasteiger partial charge in [-0.1, -0.05) is 13.8 Å². The average Bonchev–Trinajstić information content (AvgIpc) is 3.20. The van der Waals surface area contributed by atoms with E-state index < -0.39 is 0 Å². The number of guanidine groups is 1. The zero-order valence-corrected chi connectivity index (χ0v) is 18.5. The molecule has 2 heterocycles. The summed E-state index contributed by atoms with van der Waals surface area (Å²) in [6, 6.07) is 0. The van der Waals surface area contributed by atoms with Gasteiger partial charge in [0.1, 0.15) is 0 Å². The van der Waals surface area contributed by atoms with Gasteiger partial charge in [-0.3, -0.25) is 9.79 Å². The van der Waals surface area contributed by atoms with Crippen molar-refractivity contribution < 1.29 is 9.53 Å². The number of hydrogen-bond donors (Lipinski definition) is 1. The first-order valence-electron chi connectivity index (χ1n) is 9.38. The van der Waals surface area contributed by atoms with E-state index in [9.17, 15) is 4.79 Å². The van der Waals surface area contributed by atoms with Gasteiger partial charge < -0.3 is 19.9 Å². The normalized spacial score (nSPS) is 25.6. The first kappa shape index (κ1) is 22.5. The van der Waals surface area contributed by atoms with Crippen molar-refractivity contribution in [3.05, 3.63) is 0 Å². The van der Waals surface area contributed by atoms with Crippen molar-refractivity contribution in [1.82, 2.24) is 15.1 Å². The van der Waals surface area contributed by atoms with Gasteiger partial charge in [-0.05, 0) is 44.7 Å². The summed E-state index contributed by atoms with van der Waals surface area (Å²) in [5.74, 6) is 1.62. The van der Waals surface area contributed by atoms with Crippen LogP contribution in [0.2, 0.25) is 0 Å². The lowest BCUT2D eigenvalue weighted by Crippen LogP contribution is -2.41. The predicted molar refractivity (Wildman–Crippen MR) is 112 cm³/mol. The highest BCUT2D eigenvalue weighted by Gasteiger charge is 2.36. The molecule has 2 aliphatic rings. The van der Waals surface area contributed by atoms with Crippen LogP contribution in [0.1, 0.15) is 33.6 Å². The lowest BCUT2D eigenvalue weighted by molar-refractivity contribution is -0.145. The van der Waals surface area contributed by atoms with Gasteiger partial charge >= 0.3 is 5.97 Å². The molecule has 0 aliphatic carbocycles. The summed E-state index contributed by atoms with van der Waals surface area (Å²) < 4.78 is 4.93. The van der Waals surface area contributed by atoms with Gasteiger partial charge in [0.25, 0.3) is 0 Å². The lowest BCUT2D eigenvalue weighted by Gasteiger charge is -2.23. The van der Waals surface area contributed by atoms with Crippen molar-refractivity contribution in [1.29, 1.82) is 0 Å². The Kier molecular flexibility index (Phi) is 10.1. The summed E-state index contributed by atoms with van der Waals surface area (Å²) in [6.45, 7) is 13.3. The topological polar surface area (TPSA) is 57.2 Å². The Morgan fingerprint density at radius 3 is 2.60 bits per heavy atom. The summed E-state index contributed by atoms with van der Waals surface area (Å²) >= 11 is 0. The fourth-order valence-corrected chi connectivity index (χ4v) is 3.73. The van der Waals surface area contributed by atoms with E-state index in [-0.39, 0.29) is 35.9 Å². The third-order valence-electron chi connectivity index (χ3n) is 5.07. The highest BCUT2D eigenvalue weighted by Crippen LogP contribution is 2.24. The van der Waals surface area contributed by atoms with Crippen LogP contribution in [-0.4, -0.2) is 74.7 Å². The smallest absolute Gasteiger partial charge is 0.310 e. The summed E-state index contributed by atoms with van der Waals surface area (Å²) in [4.78, 5) is 21.5. The number of nitrogens with one attached hydrogen (secondary N) is 1. The number of halogens is 1. The second-order valence-electron chi connectivity index (χ2n) is 7.32. The molecule has 3 atom stereocenters. The molecule has 2 aliphatic heterocycles. The molecule has 0 spiro atoms. The summed E-state index contributed by atoms with van der Waals surface area (Å²) in [7, 11) is 1.47. The van der Waals surface area contributed by atoms with Crippen molar-refractivity contribution in [2.75, 3.05) is 52.9 Å². The molecule has 0 bridgehead atoms. The molecule has 146 valence electrons. The number of hydrogen-bond acceptors (Lipinski definition) is 4. The van der Waals surface area contributed by atoms with Crippen molar-refractivity contribution in [2.45, 2.75) is 33.6 Å². The molecular weight excluding hydrogens is 431 g/mol. The molecule has 0 aromatic heterocycles. The average molecular weight is 466 g/mol. The lowest BCUT2D eigenvalue weighted by atomic mass is 9.99. The molecule has 0 aromatic carbocycles. The maximum absolute atomic E-state index is 11.9. The number of rotatable bonds is 6. The SMILES string of the molecule is CCNC(=NCC(C)CN1CCCC1)N1CC(C)C(C(=O)OC)C1.I. The summed E-state index contributed by atoms with van der Waals surface area (Å²) in [5, 5.41) is 3.38. The van der Waals surface area contributed by atoms with Crippen LogP contribution in [-0.2, 0) is 9.53 Å². The number of carbonyl (C=O) groups excluding carboxylic acids is 1. The highest BCUT2D eigenvalue weighted by atomic mass is 127. The van der Waals surface area contributed by atoms with Crippen LogP contribution in [0.3, 0.4) is 0 Å². The van der Waals surface area contributed by atoms with E-state index in [1.54, 1.807) is 0 Å². The Hall–Kier alpha value is -0.570. The van der Waals surface area contributed by atoms with Crippen LogP contribution in [0.15, 0.2) is 4.99 Å². The van der Waals surface area contributed by atoms with Crippen LogP contribution in [0.5, 0.6) is 0 Å². The van der Waals surface area contributed by atoms with E-state index in [1.807, 2.05) is 0 Å². The zero-order valence-electron chi connectivity index (χ0n) is 16.2. The number of carbonyl (C=O) groups is 1. The van der Waals surface area contributed by atoms with Gasteiger partial charge in [0.15, 0.2) is 5.96 Å². The minimum absolute atomic E-state index is 0. The Balaban J connectivity index is 0.00000312. The van der Waals surface area contributed by atoms with Crippen LogP contribution in [0, 0.1) is 17.8 Å². The molecule has 0 radical (unpaired) electrons. The summed E-state index contributed by atoms with van der Waals surface area (Å²) in [6.07, 6.45) is 2.67. The molecule has 1 N–H and O–H groups in total. The van der Waals surface area contributed by atoms with Gasteiger partial charge in [-0.2, -0.15) is 0 Å². The number of methoxy groups -OCH3 is 1. The Labute approximate surface area is 169 Å². The third kappa shape index (κ3) is 6.58. The molecule has 3 unspecified atom stereocenters. The highest BCUT2D eigenvalue weighted by molar-refractivity contribution is 14.0. The van der Waals surface area contributed by atoms with Gasteiger partial charge in [-0.25, -0.2) is 0 Å². The molecule has 0 amide bonds. The van der Waals surface area contributed by atoms with Crippen molar-refractivity contribution in [3.8, 4) is 0 Å². The van der Waals surface area contributed by atoms with Gasteiger partial charge in [0.05, 0.1) is 13.0 Å². The molecular formula is C18H35IN4O2. The molecule has 0 saturated carbocycles. The Morgan fingerprint density at radius 1 is 1.32 bits per heavy atom. The monoisotopic (exact) mass is 466 g/mol. The van der Waals surface area contributed by atoms with Crippen molar-refractivity contribution >= 4 is 35.9 Å². The van der Waals surface area contributed by atoms with Gasteiger partial charge in [-0.15, -0.1) is 24.0 Å². The molecule has 2 fully saturated rings. The predicted octanol–water partition coefficient (Wildman–Crippen LogP) is 2.04. The first-order valence-corrected chi connectivity index (χ1v) is 9.38. The molecule has 2 rings (SSSR count). The number of likely N-dealkylation sites (tertiary alicyclic amines) is 2. The van der Waals surface area contributed by atoms with E-state index in [0.717, 1.165) is 32.1 Å². The van der Waals surface area contributed by atoms with Gasteiger partial charge in [0, 0.05) is 32.7 Å². The zero-order chi connectivity index (χ0) is 17.5. The fourth-order valence-electron chi connectivity index (χ4n) is 3.73. The standard InChI is InChI=1S/C18H34N4O2.HI/c1-5-19-18(20-10-14(2)11-21-8-6-7-9-21)22-12-15(3)16(13-22)17(23)24-4;/h14-16H,5-13H2,1-4H3,(H,19,20);1H. The fraction of sp³-hybridized carbons (Fsp3) is 0.889. The van der Waals surface area contributed by atoms with Crippen LogP contribution in [0.4, 0.5) is 0 Å². The van der Waals surface area contributed by atoms with Crippen LogP contribution >= 0.6 is 24.0 Å². The molecule has 0 aromatic rings. The maximum atomic E-state index is 11.9. The number of esters is 1. The quantitative estimate of drug-likeness (QED) is 0.281. The Bertz CT molecular complexity index is 441. The van der Waals surface area contributed by atoms with E-state index in [0.29, 0.717) is 18.4 Å². The van der Waals surface area contributed by atoms with Crippen LogP contribution < -0.4 is 5.32 Å². The summed E-state index contributed by atoms with van der Waals surface area (Å²) in [5.41, 5.74) is 0.